The van der Waals surface area contributed by atoms with Crippen LogP contribution in [0.2, 0.25) is 0 Å². The first-order chi connectivity index (χ1) is 13.6. The molecule has 1 amide bonds. The highest BCUT2D eigenvalue weighted by molar-refractivity contribution is 7.89. The first-order valence-electron chi connectivity index (χ1n) is 8.90. The van der Waals surface area contributed by atoms with Crippen LogP contribution in [0.1, 0.15) is 31.1 Å². The molecule has 0 fully saturated rings. The first kappa shape index (κ1) is 22.4. The number of ether oxygens (including phenoxy) is 2. The average Bonchev–Trinajstić information content (AvgIpc) is 2.67. The molecule has 0 aliphatic carbocycles. The van der Waals surface area contributed by atoms with E-state index in [1.807, 2.05) is 0 Å². The van der Waals surface area contributed by atoms with E-state index in [4.69, 9.17) is 9.47 Å². The van der Waals surface area contributed by atoms with E-state index in [-0.39, 0.29) is 16.5 Å². The molecule has 0 spiro atoms. The lowest BCUT2D eigenvalue weighted by Gasteiger charge is -2.14. The van der Waals surface area contributed by atoms with Gasteiger partial charge in [-0.25, -0.2) is 17.9 Å². The van der Waals surface area contributed by atoms with Crippen LogP contribution < -0.4 is 14.8 Å². The van der Waals surface area contributed by atoms with Crippen LogP contribution in [-0.4, -0.2) is 39.5 Å². The van der Waals surface area contributed by atoms with Crippen molar-refractivity contribution in [2.24, 2.45) is 0 Å². The molecule has 0 saturated carbocycles. The van der Waals surface area contributed by atoms with Gasteiger partial charge in [0, 0.05) is 11.7 Å². The molecule has 2 rings (SSSR count). The first-order valence-corrected chi connectivity index (χ1v) is 10.4. The molecule has 2 aromatic carbocycles. The molecule has 0 aromatic heterocycles. The van der Waals surface area contributed by atoms with Gasteiger partial charge in [0.2, 0.25) is 10.0 Å². The molecule has 29 heavy (non-hydrogen) atoms. The fourth-order valence-electron chi connectivity index (χ4n) is 2.37. The van der Waals surface area contributed by atoms with E-state index >= 15 is 0 Å². The van der Waals surface area contributed by atoms with Crippen LogP contribution in [0.5, 0.6) is 5.75 Å². The molecule has 8 nitrogen and oxygen atoms in total. The predicted molar refractivity (Wildman–Crippen MR) is 108 cm³/mol. The Morgan fingerprint density at radius 3 is 2.24 bits per heavy atom. The van der Waals surface area contributed by atoms with E-state index in [2.05, 4.69) is 10.0 Å². The molecule has 0 saturated heterocycles. The molecule has 1 atom stereocenters. The summed E-state index contributed by atoms with van der Waals surface area (Å²) < 4.78 is 37.2. The number of nitrogens with one attached hydrogen (secondary N) is 2. The minimum Gasteiger partial charge on any atom is -0.497 e. The third-order valence-electron chi connectivity index (χ3n) is 3.78. The molecule has 0 aliphatic rings. The summed E-state index contributed by atoms with van der Waals surface area (Å²) in [4.78, 5) is 24.6. The van der Waals surface area contributed by atoms with Crippen LogP contribution in [0.15, 0.2) is 53.4 Å². The molecule has 0 bridgehead atoms. The zero-order valence-electron chi connectivity index (χ0n) is 16.6. The Kier molecular flexibility index (Phi) is 7.35. The smallest absolute Gasteiger partial charge is 0.338 e. The van der Waals surface area contributed by atoms with Crippen LogP contribution in [-0.2, 0) is 19.6 Å². The van der Waals surface area contributed by atoms with Gasteiger partial charge in [0.25, 0.3) is 5.91 Å². The van der Waals surface area contributed by atoms with Crippen LogP contribution in [0, 0.1) is 0 Å². The van der Waals surface area contributed by atoms with Crippen molar-refractivity contribution >= 4 is 27.6 Å². The van der Waals surface area contributed by atoms with E-state index in [1.165, 1.54) is 38.3 Å². The second kappa shape index (κ2) is 9.53. The van der Waals surface area contributed by atoms with Crippen molar-refractivity contribution in [1.82, 2.24) is 4.72 Å². The average molecular weight is 420 g/mol. The van der Waals surface area contributed by atoms with Gasteiger partial charge in [0.15, 0.2) is 6.10 Å². The summed E-state index contributed by atoms with van der Waals surface area (Å²) in [6.07, 6.45) is -1.08. The molecular formula is C20H24N2O6S. The maximum atomic E-state index is 12.4. The number of hydrogen-bond donors (Lipinski definition) is 2. The summed E-state index contributed by atoms with van der Waals surface area (Å²) in [6, 6.07) is 11.8. The van der Waals surface area contributed by atoms with Crippen molar-refractivity contribution in [2.45, 2.75) is 37.8 Å². The number of esters is 1. The Labute approximate surface area is 170 Å². The Morgan fingerprint density at radius 2 is 1.66 bits per heavy atom. The van der Waals surface area contributed by atoms with E-state index in [0.29, 0.717) is 11.4 Å². The van der Waals surface area contributed by atoms with Gasteiger partial charge in [-0.1, -0.05) is 6.07 Å². The van der Waals surface area contributed by atoms with Gasteiger partial charge in [0.1, 0.15) is 5.75 Å². The number of sulfonamides is 1. The summed E-state index contributed by atoms with van der Waals surface area (Å²) in [5.41, 5.74) is 0.548. The summed E-state index contributed by atoms with van der Waals surface area (Å²) in [5, 5.41) is 2.63. The van der Waals surface area contributed by atoms with Gasteiger partial charge in [-0.15, -0.1) is 0 Å². The second-order valence-corrected chi connectivity index (χ2v) is 8.28. The van der Waals surface area contributed by atoms with Crippen molar-refractivity contribution in [3.05, 3.63) is 54.1 Å². The molecule has 2 N–H and O–H groups in total. The quantitative estimate of drug-likeness (QED) is 0.635. The fourth-order valence-corrected chi connectivity index (χ4v) is 3.67. The number of carbonyl (C=O) groups excluding carboxylic acids is 2. The van der Waals surface area contributed by atoms with Crippen molar-refractivity contribution in [3.63, 3.8) is 0 Å². The molecule has 0 heterocycles. The monoisotopic (exact) mass is 420 g/mol. The van der Waals surface area contributed by atoms with E-state index in [9.17, 15) is 18.0 Å². The minimum atomic E-state index is -3.75. The van der Waals surface area contributed by atoms with Crippen molar-refractivity contribution in [3.8, 4) is 5.75 Å². The summed E-state index contributed by atoms with van der Waals surface area (Å²) >= 11 is 0. The largest absolute Gasteiger partial charge is 0.497 e. The highest BCUT2D eigenvalue weighted by Crippen LogP contribution is 2.16. The standard InChI is InChI=1S/C20H24N2O6S/c1-13(2)22-29(25,26)18-7-5-6-15(12-18)20(24)28-14(3)19(23)21-16-8-10-17(27-4)11-9-16/h5-14,22H,1-4H3,(H,21,23)/t14-/m0/s1. The normalized spacial score (nSPS) is 12.3. The van der Waals surface area contributed by atoms with Gasteiger partial charge in [-0.2, -0.15) is 0 Å². The number of amides is 1. The summed E-state index contributed by atoms with van der Waals surface area (Å²) in [5.74, 6) is -0.679. The van der Waals surface area contributed by atoms with Crippen molar-refractivity contribution in [2.75, 3.05) is 12.4 Å². The van der Waals surface area contributed by atoms with Crippen LogP contribution in [0.4, 0.5) is 5.69 Å². The lowest BCUT2D eigenvalue weighted by molar-refractivity contribution is -0.123. The number of rotatable bonds is 8. The SMILES string of the molecule is COc1ccc(NC(=O)[C@H](C)OC(=O)c2cccc(S(=O)(=O)NC(C)C)c2)cc1. The molecular weight excluding hydrogens is 396 g/mol. The molecule has 9 heteroatoms. The van der Waals surface area contributed by atoms with Gasteiger partial charge < -0.3 is 14.8 Å². The number of benzene rings is 2. The fraction of sp³-hybridized carbons (Fsp3) is 0.300. The topological polar surface area (TPSA) is 111 Å². The van der Waals surface area contributed by atoms with E-state index in [0.717, 1.165) is 0 Å². The number of hydrogen-bond acceptors (Lipinski definition) is 6. The molecule has 0 unspecified atom stereocenters. The molecule has 156 valence electrons. The minimum absolute atomic E-state index is 0.0285. The third-order valence-corrected chi connectivity index (χ3v) is 5.44. The van der Waals surface area contributed by atoms with Crippen LogP contribution in [0.25, 0.3) is 0 Å². The van der Waals surface area contributed by atoms with Crippen molar-refractivity contribution in [1.29, 1.82) is 0 Å². The zero-order valence-corrected chi connectivity index (χ0v) is 17.4. The van der Waals surface area contributed by atoms with E-state index in [1.54, 1.807) is 38.1 Å². The Bertz CT molecular complexity index is 971. The third kappa shape index (κ3) is 6.30. The second-order valence-electron chi connectivity index (χ2n) is 6.57. The highest BCUT2D eigenvalue weighted by atomic mass is 32.2. The van der Waals surface area contributed by atoms with E-state index < -0.39 is 28.0 Å². The van der Waals surface area contributed by atoms with Gasteiger partial charge in [-0.05, 0) is 63.2 Å². The Morgan fingerprint density at radius 1 is 1.00 bits per heavy atom. The summed E-state index contributed by atoms with van der Waals surface area (Å²) in [6.45, 7) is 4.81. The lowest BCUT2D eigenvalue weighted by atomic mass is 10.2. The molecule has 0 aliphatic heterocycles. The van der Waals surface area contributed by atoms with Gasteiger partial charge in [-0.3, -0.25) is 4.79 Å². The van der Waals surface area contributed by atoms with Gasteiger partial charge >= 0.3 is 5.97 Å². The van der Waals surface area contributed by atoms with Crippen LogP contribution in [0.3, 0.4) is 0 Å². The molecule has 0 radical (unpaired) electrons. The Hall–Kier alpha value is -2.91. The zero-order chi connectivity index (χ0) is 21.6. The highest BCUT2D eigenvalue weighted by Gasteiger charge is 2.21. The van der Waals surface area contributed by atoms with Gasteiger partial charge in [0.05, 0.1) is 17.6 Å². The lowest BCUT2D eigenvalue weighted by Crippen LogP contribution is -2.31. The number of anilines is 1. The Balaban J connectivity index is 2.05. The summed E-state index contributed by atoms with van der Waals surface area (Å²) in [7, 11) is -2.22. The van der Waals surface area contributed by atoms with Crippen LogP contribution >= 0.6 is 0 Å². The maximum Gasteiger partial charge on any atom is 0.338 e. The predicted octanol–water partition coefficient (Wildman–Crippen LogP) is 2.57. The number of carbonyl (C=O) groups is 2. The molecule has 2 aromatic rings. The number of methoxy groups -OCH3 is 1. The maximum absolute atomic E-state index is 12.4. The van der Waals surface area contributed by atoms with Crippen molar-refractivity contribution < 1.29 is 27.5 Å².